The van der Waals surface area contributed by atoms with E-state index in [1.54, 1.807) is 95.9 Å². The molecule has 5 aromatic carbocycles. The number of Topliss-reactive ketones (excluding diaryl/α,β-unsaturated/α-hetero) is 2. The molecule has 0 aliphatic heterocycles. The van der Waals surface area contributed by atoms with Gasteiger partial charge in [-0.3, -0.25) is 9.59 Å². The number of benzene rings is 5. The highest BCUT2D eigenvalue weighted by Crippen LogP contribution is 2.41. The van der Waals surface area contributed by atoms with Crippen LogP contribution in [0.5, 0.6) is 0 Å². The van der Waals surface area contributed by atoms with Crippen LogP contribution >= 0.6 is 56.7 Å². The maximum Gasteiger partial charge on any atom is 0.365 e. The number of fused-ring (bicyclic) bond motifs is 15. The first-order valence-corrected chi connectivity index (χ1v) is 46.5. The average Bonchev–Trinajstić information content (AvgIpc) is 1.58. The number of ketones is 2. The van der Waals surface area contributed by atoms with Crippen LogP contribution in [0.4, 0.5) is 58.2 Å². The van der Waals surface area contributed by atoms with E-state index in [4.69, 9.17) is 25.4 Å². The third-order valence-corrected chi connectivity index (χ3v) is 27.0. The van der Waals surface area contributed by atoms with Gasteiger partial charge >= 0.3 is 5.97 Å². The zero-order valence-corrected chi connectivity index (χ0v) is 73.7. The van der Waals surface area contributed by atoms with Gasteiger partial charge in [0.2, 0.25) is 54.8 Å². The van der Waals surface area contributed by atoms with E-state index in [1.165, 1.54) is 60.5 Å². The fourth-order valence-corrected chi connectivity index (χ4v) is 20.3. The van der Waals surface area contributed by atoms with Crippen LogP contribution in [0.2, 0.25) is 0 Å². The van der Waals surface area contributed by atoms with Gasteiger partial charge < -0.3 is 31.7 Å². The number of nitrogens with zero attached hydrogens (tertiary/aromatic N) is 15. The molecule has 628 valence electrons. The SMILES string of the molecule is CC(=O)Cc1cccc(Nc2ncc3c(n2)-c2nc(C)sc2CC3)c1.CC(=O)Cc1cccc(Nc2ncc3c(n2)-c2ncsc2CC3)c1.Cc1cc(C)cc(Nc2ncc3c(n2)-c2nc(C)sc2CC3)c1.Cc1nc2c(s1)CCc1cnc(Nc3cccc(S(N)(=O)=O)c3)nc1-2.NS(=O)(=O)c1cccc(Nc2ncc3c(n2)-c2nc(C(=O)O)sc2CC3)c1. The minimum Gasteiger partial charge on any atom is -0.476 e. The monoisotopic (exact) mass is 1780 g/mol. The van der Waals surface area contributed by atoms with Gasteiger partial charge in [0.25, 0.3) is 0 Å². The number of carbonyl (C=O) groups excluding carboxylic acids is 2. The zero-order chi connectivity index (χ0) is 86.7. The molecule has 0 atom stereocenters. The number of nitrogens with one attached hydrogen (secondary N) is 5. The van der Waals surface area contributed by atoms with Crippen LogP contribution in [0.25, 0.3) is 56.9 Å². The number of carboxylic acid groups (broad SMARTS) is 1. The highest BCUT2D eigenvalue weighted by molar-refractivity contribution is 7.89. The number of anilines is 10. The number of carbonyl (C=O) groups is 3. The lowest BCUT2D eigenvalue weighted by Crippen LogP contribution is -2.12. The highest BCUT2D eigenvalue weighted by Gasteiger charge is 2.29. The Bertz CT molecular complexity index is 6910. The molecule has 0 radical (unpaired) electrons. The minimum atomic E-state index is -3.82. The maximum atomic E-state index is 11.5. The van der Waals surface area contributed by atoms with Crippen LogP contribution in [0.15, 0.2) is 162 Å². The van der Waals surface area contributed by atoms with Crippen molar-refractivity contribution in [2.45, 2.75) is 135 Å². The number of aromatic carboxylic acids is 1. The number of carboxylic acids is 1. The summed E-state index contributed by atoms with van der Waals surface area (Å²) in [7, 11) is -7.58. The van der Waals surface area contributed by atoms with Crippen LogP contribution in [0, 0.1) is 34.6 Å². The Morgan fingerprint density at radius 1 is 0.355 bits per heavy atom. The largest absolute Gasteiger partial charge is 0.476 e. The third-order valence-electron chi connectivity index (χ3n) is 20.1. The van der Waals surface area contributed by atoms with E-state index in [1.807, 2.05) is 86.5 Å². The first kappa shape index (κ1) is 84.9. The van der Waals surface area contributed by atoms with E-state index in [-0.39, 0.29) is 32.3 Å². The van der Waals surface area contributed by atoms with E-state index < -0.39 is 26.0 Å². The van der Waals surface area contributed by atoms with Gasteiger partial charge in [0.1, 0.15) is 40.0 Å². The van der Waals surface area contributed by atoms with E-state index in [9.17, 15) is 31.2 Å². The van der Waals surface area contributed by atoms with Crippen LogP contribution in [-0.4, -0.2) is 114 Å². The van der Waals surface area contributed by atoms with Gasteiger partial charge in [-0.15, -0.1) is 56.7 Å². The fraction of sp³-hybridized carbons (Fsp3) is 0.218. The van der Waals surface area contributed by atoms with Crippen molar-refractivity contribution >= 4 is 152 Å². The predicted molar refractivity (Wildman–Crippen MR) is 484 cm³/mol. The van der Waals surface area contributed by atoms with E-state index in [0.29, 0.717) is 72.2 Å². The van der Waals surface area contributed by atoms with E-state index in [0.717, 1.165) is 179 Å². The first-order valence-electron chi connectivity index (χ1n) is 39.3. The number of hydrogen-bond acceptors (Lipinski definition) is 32. The first-order chi connectivity index (χ1) is 59.6. The van der Waals surface area contributed by atoms with Crippen molar-refractivity contribution in [3.63, 3.8) is 0 Å². The molecule has 0 amide bonds. The number of aromatic nitrogens is 15. The summed E-state index contributed by atoms with van der Waals surface area (Å²) in [6, 6.07) is 34.2. The minimum absolute atomic E-state index is 0.0293. The molecule has 10 aromatic heterocycles. The second-order valence-electron chi connectivity index (χ2n) is 29.9. The summed E-state index contributed by atoms with van der Waals surface area (Å²) in [5, 5.41) is 38.5. The normalized spacial score (nSPS) is 12.7. The number of thiazole rings is 5. The smallest absolute Gasteiger partial charge is 0.365 e. The number of rotatable bonds is 17. The summed E-state index contributed by atoms with van der Waals surface area (Å²) in [4.78, 5) is 108. The number of nitrogens with two attached hydrogens (primary N) is 2. The Kier molecular flexibility index (Phi) is 24.9. The van der Waals surface area contributed by atoms with Crippen LogP contribution in [0.3, 0.4) is 0 Å². The maximum absolute atomic E-state index is 11.5. The Morgan fingerprint density at radius 2 is 0.669 bits per heavy atom. The molecule has 0 bridgehead atoms. The highest BCUT2D eigenvalue weighted by atomic mass is 32.2. The number of aryl methyl sites for hydroxylation is 15. The van der Waals surface area contributed by atoms with Gasteiger partial charge in [0, 0.05) is 96.6 Å². The Hall–Kier alpha value is -12.7. The molecular weight excluding hydrogens is 1710 g/mol. The van der Waals surface area contributed by atoms with Crippen molar-refractivity contribution in [3.8, 4) is 56.9 Å². The Labute approximate surface area is 733 Å². The summed E-state index contributed by atoms with van der Waals surface area (Å²) in [5.41, 5.74) is 24.3. The van der Waals surface area contributed by atoms with Crippen molar-refractivity contribution in [1.29, 1.82) is 0 Å². The molecule has 15 aromatic rings. The number of hydrogen-bond donors (Lipinski definition) is 8. The molecule has 0 unspecified atom stereocenters. The Balaban J connectivity index is 0.000000115. The molecule has 0 fully saturated rings. The van der Waals surface area contributed by atoms with Gasteiger partial charge in [0.15, 0.2) is 0 Å². The molecule has 0 saturated heterocycles. The number of sulfonamides is 2. The van der Waals surface area contributed by atoms with E-state index >= 15 is 0 Å². The summed E-state index contributed by atoms with van der Waals surface area (Å²) < 4.78 is 45.9. The molecule has 37 heteroatoms. The van der Waals surface area contributed by atoms with Gasteiger partial charge in [-0.25, -0.2) is 107 Å². The predicted octanol–water partition coefficient (Wildman–Crippen LogP) is 16.0. The lowest BCUT2D eigenvalue weighted by molar-refractivity contribution is -0.117. The van der Waals surface area contributed by atoms with Gasteiger partial charge in [-0.2, -0.15) is 0 Å². The van der Waals surface area contributed by atoms with Crippen LogP contribution < -0.4 is 36.9 Å². The molecular formula is C87H80N22O8S7. The van der Waals surface area contributed by atoms with E-state index in [2.05, 4.69) is 130 Å². The fourth-order valence-electron chi connectivity index (χ4n) is 14.7. The lowest BCUT2D eigenvalue weighted by atomic mass is 10.00. The van der Waals surface area contributed by atoms with Gasteiger partial charge in [-0.05, 0) is 236 Å². The van der Waals surface area contributed by atoms with Gasteiger partial charge in [0.05, 0.1) is 58.8 Å². The van der Waals surface area contributed by atoms with Crippen LogP contribution in [0.1, 0.15) is 113 Å². The summed E-state index contributed by atoms with van der Waals surface area (Å²) in [6.07, 6.45) is 19.3. The molecule has 0 spiro atoms. The standard InChI is InChI=1S/C19H18N4OS.C18H16N4OS.C18H18N4S.C16H13N5O4S2.C16H15N5O2S2/c1-11(24)8-13-4-3-5-15(9-13)22-19-20-10-14-6-7-16-18(17(14)23-19)21-12(2)25-16;1-11(23)7-12-3-2-4-14(8-12)21-18-19-9-13-5-6-15-17(16(13)22-18)20-10-24-15;1-10-6-11(2)8-14(7-10)21-18-19-9-13-4-5-15-17(16(13)22-18)20-12(3)23-15;17-27(24,25)10-3-1-2-9(6-10)19-16-18-7-8-4-5-11-13(12(8)21-16)20-14(26-11)15(22)23;1-9-19-15-13(24-9)6-5-10-8-18-16(21-14(10)15)20-11-3-2-4-12(7-11)25(17,22)23/h3-5,9-10H,6-8H2,1-2H3,(H,20,22,23);2-4,8-10H,5-7H2,1H3,(H,19,21,22);6-9H,4-5H2,1-3H3,(H,19,21,22);1-3,6-7H,4-5H2,(H,22,23)(H2,17,24,25)(H,18,19,21);2-4,7-8H,5-6H2,1H3,(H2,17,22,23)(H,18,20,21). The second-order valence-corrected chi connectivity index (χ2v) is 38.9. The van der Waals surface area contributed by atoms with Gasteiger partial charge in [-0.1, -0.05) is 42.5 Å². The summed E-state index contributed by atoms with van der Waals surface area (Å²) in [5.74, 6) is 1.60. The Morgan fingerprint density at radius 3 is 1.02 bits per heavy atom. The molecule has 10 N–H and O–H groups in total. The van der Waals surface area contributed by atoms with Crippen molar-refractivity contribution in [2.75, 3.05) is 26.6 Å². The zero-order valence-electron chi connectivity index (χ0n) is 67.9. The van der Waals surface area contributed by atoms with Crippen molar-refractivity contribution in [2.24, 2.45) is 10.3 Å². The number of primary sulfonamides is 2. The molecule has 124 heavy (non-hydrogen) atoms. The molecule has 30 nitrogen and oxygen atoms in total. The molecule has 10 heterocycles. The van der Waals surface area contributed by atoms with Crippen LogP contribution in [-0.2, 0) is 107 Å². The lowest BCUT2D eigenvalue weighted by Gasteiger charge is -2.15. The summed E-state index contributed by atoms with van der Waals surface area (Å²) in [6.45, 7) is 13.5. The topological polar surface area (TPSA) is 445 Å². The summed E-state index contributed by atoms with van der Waals surface area (Å²) >= 11 is 8.05. The molecule has 20 rings (SSSR count). The molecule has 5 aliphatic carbocycles. The second kappa shape index (κ2) is 36.4. The average molecular weight is 1790 g/mol. The quantitative estimate of drug-likeness (QED) is 0.0420. The van der Waals surface area contributed by atoms with Crippen molar-refractivity contribution in [1.82, 2.24) is 74.8 Å². The molecule has 0 saturated carbocycles. The van der Waals surface area contributed by atoms with Crippen molar-refractivity contribution < 1.29 is 36.3 Å². The third kappa shape index (κ3) is 20.3. The molecule has 5 aliphatic rings. The van der Waals surface area contributed by atoms with Crippen molar-refractivity contribution in [3.05, 3.63) is 246 Å².